The summed E-state index contributed by atoms with van der Waals surface area (Å²) >= 11 is 12.4. The van der Waals surface area contributed by atoms with Crippen LogP contribution in [0.5, 0.6) is 11.5 Å². The van der Waals surface area contributed by atoms with Crippen LogP contribution in [-0.4, -0.2) is 62.1 Å². The van der Waals surface area contributed by atoms with Crippen LogP contribution < -0.4 is 14.8 Å². The summed E-state index contributed by atoms with van der Waals surface area (Å²) in [6.07, 6.45) is 0. The van der Waals surface area contributed by atoms with E-state index >= 15 is 0 Å². The first-order chi connectivity index (χ1) is 18.0. The number of hydrogen-bond donors (Lipinski definition) is 1. The van der Waals surface area contributed by atoms with E-state index in [2.05, 4.69) is 5.32 Å². The maximum absolute atomic E-state index is 14.2. The molecule has 0 aromatic heterocycles. The highest BCUT2D eigenvalue weighted by atomic mass is 35.5. The number of nitrogens with one attached hydrogen (secondary N) is 1. The number of benzene rings is 3. The van der Waals surface area contributed by atoms with E-state index in [1.54, 1.807) is 25.2 Å². The molecule has 3 aromatic carbocycles. The van der Waals surface area contributed by atoms with Crippen molar-refractivity contribution in [2.45, 2.75) is 12.1 Å². The van der Waals surface area contributed by atoms with E-state index in [1.807, 2.05) is 65.6 Å². The van der Waals surface area contributed by atoms with Crippen molar-refractivity contribution in [1.82, 2.24) is 15.1 Å². The number of carbonyl (C=O) groups is 1. The lowest BCUT2D eigenvalue weighted by Gasteiger charge is -2.36. The second kappa shape index (κ2) is 11.0. The van der Waals surface area contributed by atoms with E-state index in [0.717, 1.165) is 24.2 Å². The normalized spacial score (nSPS) is 19.5. The van der Waals surface area contributed by atoms with Gasteiger partial charge in [-0.15, -0.1) is 0 Å². The van der Waals surface area contributed by atoms with Crippen LogP contribution in [0.15, 0.2) is 71.7 Å². The number of halogens is 2. The number of urea groups is 1. The Morgan fingerprint density at radius 2 is 1.51 bits per heavy atom. The average molecular weight is 539 g/mol. The summed E-state index contributed by atoms with van der Waals surface area (Å²) in [4.78, 5) is 23.1. The maximum Gasteiger partial charge on any atom is 0.326 e. The van der Waals surface area contributed by atoms with Crippen LogP contribution in [0.4, 0.5) is 4.79 Å². The summed E-state index contributed by atoms with van der Waals surface area (Å²) in [6.45, 7) is 2.71. The van der Waals surface area contributed by atoms with Gasteiger partial charge in [0.2, 0.25) is 0 Å². The van der Waals surface area contributed by atoms with Crippen molar-refractivity contribution in [2.75, 3.05) is 40.4 Å². The Bertz CT molecular complexity index is 1290. The minimum Gasteiger partial charge on any atom is -0.497 e. The minimum atomic E-state index is -0.400. The lowest BCUT2D eigenvalue weighted by Crippen LogP contribution is -2.53. The summed E-state index contributed by atoms with van der Waals surface area (Å²) in [6, 6.07) is 19.9. The Morgan fingerprint density at radius 1 is 0.892 bits per heavy atom. The smallest absolute Gasteiger partial charge is 0.326 e. The van der Waals surface area contributed by atoms with Gasteiger partial charge in [-0.3, -0.25) is 9.89 Å². The van der Waals surface area contributed by atoms with Crippen LogP contribution >= 0.6 is 23.2 Å². The molecule has 2 aliphatic rings. The zero-order valence-corrected chi connectivity index (χ0v) is 22.2. The van der Waals surface area contributed by atoms with Crippen molar-refractivity contribution < 1.29 is 14.3 Å². The summed E-state index contributed by atoms with van der Waals surface area (Å²) in [5.41, 5.74) is 2.59. The van der Waals surface area contributed by atoms with E-state index < -0.39 is 6.04 Å². The Balaban J connectivity index is 1.69. The third-order valence-corrected chi connectivity index (χ3v) is 7.24. The fraction of sp³-hybridized carbons (Fsp3) is 0.286. The molecule has 192 valence electrons. The standard InChI is InChI=1S/C28H28Cl2N4O3/c1-36-22-11-12-23(24(17-22)37-2)27-32-25(18-3-7-20(29)8-4-18)26(19-5-9-21(30)10-6-19)34(27)28(35)33-15-13-31-14-16-33/h3-12,17,25-26,31H,13-16H2,1-2H3. The summed E-state index contributed by atoms with van der Waals surface area (Å²) in [5, 5.41) is 4.59. The second-order valence-corrected chi connectivity index (χ2v) is 9.77. The van der Waals surface area contributed by atoms with Crippen LogP contribution in [0.2, 0.25) is 10.0 Å². The Hall–Kier alpha value is -3.26. The van der Waals surface area contributed by atoms with Gasteiger partial charge in [0.05, 0.1) is 25.8 Å². The van der Waals surface area contributed by atoms with Gasteiger partial charge in [0.1, 0.15) is 23.4 Å². The molecule has 0 saturated carbocycles. The molecule has 0 radical (unpaired) electrons. The van der Waals surface area contributed by atoms with Crippen molar-refractivity contribution in [3.05, 3.63) is 93.5 Å². The molecule has 0 spiro atoms. The van der Waals surface area contributed by atoms with Crippen molar-refractivity contribution in [3.63, 3.8) is 0 Å². The molecule has 2 heterocycles. The predicted molar refractivity (Wildman–Crippen MR) is 146 cm³/mol. The zero-order valence-electron chi connectivity index (χ0n) is 20.7. The molecule has 0 aliphatic carbocycles. The molecule has 0 bridgehead atoms. The first-order valence-corrected chi connectivity index (χ1v) is 12.9. The van der Waals surface area contributed by atoms with Crippen LogP contribution in [-0.2, 0) is 0 Å². The first-order valence-electron chi connectivity index (χ1n) is 12.1. The largest absolute Gasteiger partial charge is 0.497 e. The van der Waals surface area contributed by atoms with Crippen LogP contribution in [0.1, 0.15) is 28.8 Å². The van der Waals surface area contributed by atoms with Gasteiger partial charge in [-0.1, -0.05) is 47.5 Å². The average Bonchev–Trinajstić information content (AvgIpc) is 3.33. The monoisotopic (exact) mass is 538 g/mol. The number of rotatable bonds is 5. The molecule has 3 aromatic rings. The molecule has 1 N–H and O–H groups in total. The summed E-state index contributed by atoms with van der Waals surface area (Å²) in [5.74, 6) is 1.77. The molecule has 2 amide bonds. The molecular weight excluding hydrogens is 511 g/mol. The molecule has 2 unspecified atom stereocenters. The molecule has 2 aliphatic heterocycles. The molecule has 37 heavy (non-hydrogen) atoms. The second-order valence-electron chi connectivity index (χ2n) is 8.90. The van der Waals surface area contributed by atoms with Crippen LogP contribution in [0.3, 0.4) is 0 Å². The zero-order chi connectivity index (χ0) is 25.9. The fourth-order valence-corrected chi connectivity index (χ4v) is 5.10. The van der Waals surface area contributed by atoms with Gasteiger partial charge in [0, 0.05) is 42.3 Å². The molecule has 2 atom stereocenters. The number of methoxy groups -OCH3 is 2. The minimum absolute atomic E-state index is 0.102. The van der Waals surface area contributed by atoms with Gasteiger partial charge in [0.25, 0.3) is 0 Å². The number of ether oxygens (including phenoxy) is 2. The quantitative estimate of drug-likeness (QED) is 0.460. The fourth-order valence-electron chi connectivity index (χ4n) is 4.85. The first kappa shape index (κ1) is 25.4. The highest BCUT2D eigenvalue weighted by molar-refractivity contribution is 6.30. The Morgan fingerprint density at radius 3 is 2.11 bits per heavy atom. The number of amides is 2. The van der Waals surface area contributed by atoms with E-state index in [1.165, 1.54) is 0 Å². The molecule has 5 rings (SSSR count). The SMILES string of the molecule is COc1ccc(C2=NC(c3ccc(Cl)cc3)C(c3ccc(Cl)cc3)N2C(=O)N2CCNCC2)c(OC)c1. The van der Waals surface area contributed by atoms with E-state index in [0.29, 0.717) is 46.0 Å². The topological polar surface area (TPSA) is 66.4 Å². The highest BCUT2D eigenvalue weighted by Gasteiger charge is 2.44. The third-order valence-electron chi connectivity index (χ3n) is 6.73. The van der Waals surface area contributed by atoms with Gasteiger partial charge in [0.15, 0.2) is 0 Å². The lowest BCUT2D eigenvalue weighted by molar-refractivity contribution is 0.157. The molecular formula is C28H28Cl2N4O3. The van der Waals surface area contributed by atoms with Gasteiger partial charge in [-0.25, -0.2) is 4.79 Å². The van der Waals surface area contributed by atoms with E-state index in [4.69, 9.17) is 37.7 Å². The number of aliphatic imine (C=N–C) groups is 1. The van der Waals surface area contributed by atoms with Gasteiger partial charge < -0.3 is 19.7 Å². The van der Waals surface area contributed by atoms with Crippen molar-refractivity contribution >= 4 is 35.1 Å². The van der Waals surface area contributed by atoms with Crippen LogP contribution in [0, 0.1) is 0 Å². The van der Waals surface area contributed by atoms with E-state index in [-0.39, 0.29) is 12.1 Å². The van der Waals surface area contributed by atoms with Crippen molar-refractivity contribution in [2.24, 2.45) is 4.99 Å². The number of carbonyl (C=O) groups excluding carboxylic acids is 1. The van der Waals surface area contributed by atoms with Crippen LogP contribution in [0.25, 0.3) is 0 Å². The van der Waals surface area contributed by atoms with Crippen molar-refractivity contribution in [1.29, 1.82) is 0 Å². The maximum atomic E-state index is 14.2. The Labute approximate surface area is 226 Å². The summed E-state index contributed by atoms with van der Waals surface area (Å²) in [7, 11) is 3.21. The van der Waals surface area contributed by atoms with Gasteiger partial charge in [-0.2, -0.15) is 0 Å². The molecule has 1 saturated heterocycles. The van der Waals surface area contributed by atoms with Gasteiger partial charge in [-0.05, 0) is 47.5 Å². The lowest BCUT2D eigenvalue weighted by atomic mass is 9.93. The number of piperazine rings is 1. The number of hydrogen-bond acceptors (Lipinski definition) is 5. The predicted octanol–water partition coefficient (Wildman–Crippen LogP) is 5.58. The number of amidine groups is 1. The third kappa shape index (κ3) is 5.12. The summed E-state index contributed by atoms with van der Waals surface area (Å²) < 4.78 is 11.1. The molecule has 7 nitrogen and oxygen atoms in total. The highest BCUT2D eigenvalue weighted by Crippen LogP contribution is 2.45. The van der Waals surface area contributed by atoms with Crippen molar-refractivity contribution in [3.8, 4) is 11.5 Å². The molecule has 9 heteroatoms. The van der Waals surface area contributed by atoms with Gasteiger partial charge >= 0.3 is 6.03 Å². The molecule has 1 fully saturated rings. The van der Waals surface area contributed by atoms with E-state index in [9.17, 15) is 4.79 Å². The Kier molecular flexibility index (Phi) is 7.55. The number of nitrogens with zero attached hydrogens (tertiary/aromatic N) is 3.